The number of H-pyrrole nitrogens is 2. The summed E-state index contributed by atoms with van der Waals surface area (Å²) in [7, 11) is 0. The Hall–Kier alpha value is -7.08. The van der Waals surface area contributed by atoms with Crippen LogP contribution in [0.25, 0.3) is 23.3 Å². The van der Waals surface area contributed by atoms with Crippen LogP contribution in [0.2, 0.25) is 0 Å². The molecule has 2 aliphatic heterocycles. The van der Waals surface area contributed by atoms with Gasteiger partial charge in [0.2, 0.25) is 0 Å². The number of nitrogen functional groups attached to an aromatic ring is 2. The Morgan fingerprint density at radius 2 is 1.05 bits per heavy atom. The number of hydrogen-bond donors (Lipinski definition) is 8. The fourth-order valence-corrected chi connectivity index (χ4v) is 6.96. The lowest BCUT2D eigenvalue weighted by molar-refractivity contribution is -0.138. The molecule has 10 N–H and O–H groups in total. The Morgan fingerprint density at radius 1 is 0.632 bits per heavy atom. The highest BCUT2D eigenvalue weighted by Crippen LogP contribution is 2.32. The molecule has 0 saturated heterocycles. The number of hydrogen-bond acceptors (Lipinski definition) is 6. The molecule has 0 atom stereocenters. The van der Waals surface area contributed by atoms with E-state index in [0.717, 1.165) is 73.1 Å². The highest BCUT2D eigenvalue weighted by molar-refractivity contribution is 6.03. The minimum atomic E-state index is -0.922. The third kappa shape index (κ3) is 9.42. The van der Waals surface area contributed by atoms with Gasteiger partial charge in [0.15, 0.2) is 0 Å². The number of carbonyl (C=O) groups is 4. The van der Waals surface area contributed by atoms with E-state index in [1.807, 2.05) is 81.5 Å². The van der Waals surface area contributed by atoms with Crippen LogP contribution in [0.1, 0.15) is 71.7 Å². The lowest BCUT2D eigenvalue weighted by atomic mass is 9.98. The molecule has 2 aliphatic rings. The Kier molecular flexibility index (Phi) is 12.7. The number of nitrogens with two attached hydrogens (primary N) is 2. The summed E-state index contributed by atoms with van der Waals surface area (Å²) in [5.41, 5.74) is 25.3. The number of nitrogens with one attached hydrogen (secondary N) is 4. The third-order valence-corrected chi connectivity index (χ3v) is 10.3. The van der Waals surface area contributed by atoms with Crippen molar-refractivity contribution in [3.05, 3.63) is 153 Å². The molecule has 12 nitrogen and oxygen atoms in total. The van der Waals surface area contributed by atoms with Gasteiger partial charge in [0.1, 0.15) is 0 Å². The molecule has 0 bridgehead atoms. The van der Waals surface area contributed by atoms with Crippen molar-refractivity contribution in [3.63, 3.8) is 0 Å². The number of benzene rings is 2. The molecule has 12 heteroatoms. The van der Waals surface area contributed by atoms with Crippen LogP contribution in [0.15, 0.2) is 108 Å². The van der Waals surface area contributed by atoms with E-state index in [2.05, 4.69) is 33.8 Å². The van der Waals surface area contributed by atoms with Crippen molar-refractivity contribution in [3.8, 4) is 11.1 Å². The SMILES string of the molecule is C=CC1=C(C)/C(=C/c2[nH]c(Cc3[nH]c(/C=C4\NC(=O)C(C)=C4C=C)c(C)c3CCC(=O)O)c(CCC(=O)O)c2C)NC1=O.Nc1ccc(-c2ccc(N)cc2)cc1. The van der Waals surface area contributed by atoms with E-state index in [0.29, 0.717) is 34.5 Å². The van der Waals surface area contributed by atoms with E-state index >= 15 is 0 Å². The van der Waals surface area contributed by atoms with Crippen LogP contribution in [0.5, 0.6) is 0 Å². The van der Waals surface area contributed by atoms with Crippen molar-refractivity contribution >= 4 is 47.3 Å². The van der Waals surface area contributed by atoms with E-state index in [1.165, 1.54) is 6.08 Å². The maximum absolute atomic E-state index is 12.3. The summed E-state index contributed by atoms with van der Waals surface area (Å²) in [6.07, 6.45) is 7.58. The summed E-state index contributed by atoms with van der Waals surface area (Å²) in [4.78, 5) is 54.5. The lowest BCUT2D eigenvalue weighted by Crippen LogP contribution is -2.15. The zero-order valence-corrected chi connectivity index (χ0v) is 32.6. The molecule has 0 fully saturated rings. The summed E-state index contributed by atoms with van der Waals surface area (Å²) in [6, 6.07) is 15.6. The minimum Gasteiger partial charge on any atom is -0.481 e. The van der Waals surface area contributed by atoms with Crippen LogP contribution in [0, 0.1) is 13.8 Å². The highest BCUT2D eigenvalue weighted by Gasteiger charge is 2.25. The molecule has 0 unspecified atom stereocenters. The third-order valence-electron chi connectivity index (χ3n) is 10.3. The summed E-state index contributed by atoms with van der Waals surface area (Å²) in [5.74, 6) is -2.28. The molecule has 294 valence electrons. The Balaban J connectivity index is 0.000000370. The average Bonchev–Trinajstić information content (AvgIpc) is 3.82. The summed E-state index contributed by atoms with van der Waals surface area (Å²) < 4.78 is 0. The minimum absolute atomic E-state index is 0.0688. The number of amides is 2. The number of carbonyl (C=O) groups excluding carboxylic acids is 2. The Labute approximate surface area is 331 Å². The first kappa shape index (κ1) is 41.1. The molecule has 2 aromatic heterocycles. The fraction of sp³-hybridized carbons (Fsp3) is 0.200. The number of aromatic nitrogens is 2. The largest absolute Gasteiger partial charge is 0.481 e. The molecule has 0 aliphatic carbocycles. The molecule has 2 amide bonds. The van der Waals surface area contributed by atoms with Crippen molar-refractivity contribution in [1.82, 2.24) is 20.6 Å². The molecule has 0 radical (unpaired) electrons. The van der Waals surface area contributed by atoms with Crippen LogP contribution in [0.4, 0.5) is 11.4 Å². The highest BCUT2D eigenvalue weighted by atomic mass is 16.4. The van der Waals surface area contributed by atoms with Crippen LogP contribution in [0.3, 0.4) is 0 Å². The van der Waals surface area contributed by atoms with Crippen molar-refractivity contribution < 1.29 is 29.4 Å². The quantitative estimate of drug-likeness (QED) is 0.0658. The second-order valence-corrected chi connectivity index (χ2v) is 14.0. The maximum atomic E-state index is 12.3. The number of carboxylic acids is 2. The molecular weight excluding hydrogens is 721 g/mol. The van der Waals surface area contributed by atoms with E-state index < -0.39 is 11.9 Å². The topological polar surface area (TPSA) is 216 Å². The van der Waals surface area contributed by atoms with Crippen LogP contribution in [-0.2, 0) is 38.4 Å². The van der Waals surface area contributed by atoms with Gasteiger partial charge in [-0.3, -0.25) is 19.2 Å². The molecule has 6 rings (SSSR count). The second kappa shape index (κ2) is 17.6. The summed E-state index contributed by atoms with van der Waals surface area (Å²) in [5, 5.41) is 24.6. The summed E-state index contributed by atoms with van der Waals surface area (Å²) in [6.45, 7) is 14.9. The smallest absolute Gasteiger partial charge is 0.303 e. The Bertz CT molecular complexity index is 2360. The van der Waals surface area contributed by atoms with Gasteiger partial charge >= 0.3 is 11.9 Å². The van der Waals surface area contributed by atoms with E-state index in [-0.39, 0.29) is 37.5 Å². The zero-order chi connectivity index (χ0) is 41.6. The molecule has 0 saturated carbocycles. The van der Waals surface area contributed by atoms with Gasteiger partial charge in [-0.1, -0.05) is 49.6 Å². The predicted molar refractivity (Wildman–Crippen MR) is 225 cm³/mol. The first-order valence-corrected chi connectivity index (χ1v) is 18.4. The number of rotatable bonds is 13. The van der Waals surface area contributed by atoms with Crippen LogP contribution in [-0.4, -0.2) is 43.9 Å². The maximum Gasteiger partial charge on any atom is 0.303 e. The molecule has 4 heterocycles. The van der Waals surface area contributed by atoms with E-state index in [1.54, 1.807) is 13.0 Å². The normalized spacial score (nSPS) is 15.2. The van der Waals surface area contributed by atoms with E-state index in [9.17, 15) is 29.4 Å². The Morgan fingerprint density at radius 3 is 1.46 bits per heavy atom. The van der Waals surface area contributed by atoms with Gasteiger partial charge in [0.05, 0.1) is 5.70 Å². The van der Waals surface area contributed by atoms with Crippen LogP contribution >= 0.6 is 0 Å². The lowest BCUT2D eigenvalue weighted by Gasteiger charge is -2.07. The van der Waals surface area contributed by atoms with Crippen molar-refractivity contribution in [2.24, 2.45) is 0 Å². The molecular formula is C45H48N6O6. The molecule has 0 spiro atoms. The van der Waals surface area contributed by atoms with Crippen molar-refractivity contribution in [2.45, 2.75) is 59.8 Å². The van der Waals surface area contributed by atoms with Crippen LogP contribution < -0.4 is 22.1 Å². The summed E-state index contributed by atoms with van der Waals surface area (Å²) >= 11 is 0. The number of carboxylic acid groups (broad SMARTS) is 2. The van der Waals surface area contributed by atoms with Gasteiger partial charge in [0.25, 0.3) is 11.8 Å². The number of anilines is 2. The zero-order valence-electron chi connectivity index (χ0n) is 32.6. The average molecular weight is 769 g/mol. The molecule has 57 heavy (non-hydrogen) atoms. The first-order valence-electron chi connectivity index (χ1n) is 18.4. The van der Waals surface area contributed by atoms with Gasteiger partial charge in [-0.15, -0.1) is 0 Å². The molecule has 4 aromatic rings. The second-order valence-electron chi connectivity index (χ2n) is 14.0. The van der Waals surface area contributed by atoms with E-state index in [4.69, 9.17) is 11.5 Å². The van der Waals surface area contributed by atoms with Gasteiger partial charge in [-0.2, -0.15) is 0 Å². The van der Waals surface area contributed by atoms with Crippen molar-refractivity contribution in [1.29, 1.82) is 0 Å². The standard InChI is InChI=1S/C33H36N4O6.C12H12N2/c1-7-20-19(6)32(42)37-27(20)14-25-18(5)23(10-12-31(40)41)29(35-25)15-28-22(9-11-30(38)39)17(4)24(34-28)13-26-16(3)21(8-2)33(43)36-26;13-11-5-1-9(2-6-11)10-3-7-12(14)8-4-10/h7-8,13-14,34-35H,1-2,9-12,15H2,3-6H3,(H,36,43)(H,37,42)(H,38,39)(H,40,41);1-8H,13-14H2/b26-13-,27-14-;. The van der Waals surface area contributed by atoms with Gasteiger partial charge in [0, 0.05) is 75.8 Å². The first-order chi connectivity index (χ1) is 27.1. The monoisotopic (exact) mass is 768 g/mol. The van der Waals surface area contributed by atoms with Gasteiger partial charge in [-0.05, 0) is 116 Å². The number of aromatic amines is 2. The van der Waals surface area contributed by atoms with Gasteiger partial charge < -0.3 is 42.3 Å². The number of allylic oxidation sites excluding steroid dienone is 2. The number of aliphatic carboxylic acids is 2. The van der Waals surface area contributed by atoms with Gasteiger partial charge in [-0.25, -0.2) is 0 Å². The predicted octanol–water partition coefficient (Wildman–Crippen LogP) is 7.05. The molecule has 2 aromatic carbocycles. The fourth-order valence-electron chi connectivity index (χ4n) is 6.96. The van der Waals surface area contributed by atoms with Crippen molar-refractivity contribution in [2.75, 3.05) is 11.5 Å².